The topological polar surface area (TPSA) is 343 Å². The zero-order valence-electron chi connectivity index (χ0n) is 50.3. The quantitative estimate of drug-likeness (QED) is 0.0243. The van der Waals surface area contributed by atoms with Gasteiger partial charge in [0.15, 0.2) is 5.13 Å². The molecule has 4 amide bonds. The van der Waals surface area contributed by atoms with Gasteiger partial charge in [0.1, 0.15) is 17.2 Å². The average molecular weight is 1260 g/mol. The highest BCUT2D eigenvalue weighted by atomic mass is 32.2. The van der Waals surface area contributed by atoms with Gasteiger partial charge in [0.2, 0.25) is 17.7 Å². The van der Waals surface area contributed by atoms with Gasteiger partial charge in [-0.05, 0) is 58.2 Å². The number of carbonyl (C=O) groups is 5. The van der Waals surface area contributed by atoms with Crippen LogP contribution in [0.5, 0.6) is 0 Å². The zero-order chi connectivity index (χ0) is 62.2. The number of benzene rings is 1. The number of nitrogens with one attached hydrogen (secondary N) is 5. The van der Waals surface area contributed by atoms with Crippen LogP contribution in [0.3, 0.4) is 0 Å². The zero-order valence-corrected chi connectivity index (χ0v) is 51.9. The lowest BCUT2D eigenvalue weighted by molar-refractivity contribution is -0.138. The van der Waals surface area contributed by atoms with Crippen molar-refractivity contribution in [2.75, 3.05) is 202 Å². The first-order valence-electron chi connectivity index (χ1n) is 29.1. The Morgan fingerprint density at radius 3 is 1.59 bits per heavy atom. The highest BCUT2D eigenvalue weighted by Crippen LogP contribution is 2.25. The number of nitrogens with zero attached hydrogens (tertiary/aromatic N) is 2. The molecule has 28 nitrogen and oxygen atoms in total. The van der Waals surface area contributed by atoms with Gasteiger partial charge in [-0.25, -0.2) is 4.79 Å². The number of aromatic nitrogens is 1. The lowest BCUT2D eigenvalue weighted by Crippen LogP contribution is -2.47. The molecule has 0 aliphatic heterocycles. The van der Waals surface area contributed by atoms with E-state index in [0.717, 1.165) is 23.7 Å². The summed E-state index contributed by atoms with van der Waals surface area (Å²) in [4.78, 5) is 81.1. The third kappa shape index (κ3) is 35.7. The SMILES string of the molecule is CCN(CC)c1ccc2cc(C(=O)NCCCCC(NC(=O)CCOCCOCCOCCOCCOCCOCCOCCOCCN[S+](O)c3nc(NC(C)=O)sc3C)C(=O)NCCOCCOCCOCCOCCC(=O)O)c(=O)oc2c1. The number of fused-ring (bicyclic) bond motifs is 1. The van der Waals surface area contributed by atoms with Crippen LogP contribution < -0.4 is 36.5 Å². The van der Waals surface area contributed by atoms with Crippen LogP contribution in [0.4, 0.5) is 10.8 Å². The molecule has 2 heterocycles. The number of aliphatic carboxylic acids is 1. The Labute approximate surface area is 510 Å². The minimum Gasteiger partial charge on any atom is -0.481 e. The molecule has 0 saturated heterocycles. The van der Waals surface area contributed by atoms with E-state index in [0.29, 0.717) is 159 Å². The molecule has 86 heavy (non-hydrogen) atoms. The Balaban J connectivity index is 1.19. The van der Waals surface area contributed by atoms with E-state index in [-0.39, 0.29) is 89.4 Å². The molecule has 0 spiro atoms. The highest BCUT2D eigenvalue weighted by molar-refractivity contribution is 7.89. The minimum atomic E-state index is -1.26. The summed E-state index contributed by atoms with van der Waals surface area (Å²) >= 11 is 0.0440. The second-order valence-corrected chi connectivity index (χ2v) is 20.9. The molecule has 0 saturated carbocycles. The van der Waals surface area contributed by atoms with Crippen LogP contribution in [0.2, 0.25) is 0 Å². The van der Waals surface area contributed by atoms with Crippen molar-refractivity contribution < 1.29 is 94.9 Å². The summed E-state index contributed by atoms with van der Waals surface area (Å²) in [5.74, 6) is -2.49. The summed E-state index contributed by atoms with van der Waals surface area (Å²) in [6.07, 6.45) is 1.13. The first-order valence-corrected chi connectivity index (χ1v) is 31.1. The van der Waals surface area contributed by atoms with Gasteiger partial charge < -0.3 is 92.5 Å². The molecule has 2 atom stereocenters. The number of aryl methyl sites for hydroxylation is 1. The van der Waals surface area contributed by atoms with Crippen LogP contribution in [0.25, 0.3) is 11.0 Å². The largest absolute Gasteiger partial charge is 0.481 e. The number of carboxylic acids is 1. The smallest absolute Gasteiger partial charge is 0.349 e. The van der Waals surface area contributed by atoms with Crippen LogP contribution in [0.1, 0.15) is 68.1 Å². The van der Waals surface area contributed by atoms with Gasteiger partial charge in [-0.1, -0.05) is 16.1 Å². The van der Waals surface area contributed by atoms with E-state index in [4.69, 9.17) is 66.4 Å². The molecule has 2 unspecified atom stereocenters. The van der Waals surface area contributed by atoms with Gasteiger partial charge >= 0.3 is 16.6 Å². The third-order valence-corrected chi connectivity index (χ3v) is 14.1. The Kier molecular flexibility index (Phi) is 42.8. The molecule has 2 aromatic heterocycles. The summed E-state index contributed by atoms with van der Waals surface area (Å²) < 4.78 is 84.7. The number of rotatable bonds is 56. The molecule has 0 aliphatic rings. The molecular formula is C56H92N7O21S2+. The van der Waals surface area contributed by atoms with Crippen molar-refractivity contribution in [2.45, 2.75) is 70.9 Å². The van der Waals surface area contributed by atoms with Gasteiger partial charge in [-0.15, -0.1) is 0 Å². The minimum absolute atomic E-state index is 0.00558. The molecule has 488 valence electrons. The predicted octanol–water partition coefficient (Wildman–Crippen LogP) is 2.58. The van der Waals surface area contributed by atoms with Gasteiger partial charge in [0, 0.05) is 56.7 Å². The van der Waals surface area contributed by atoms with Crippen LogP contribution >= 0.6 is 11.3 Å². The lowest BCUT2D eigenvalue weighted by atomic mass is 10.1. The van der Waals surface area contributed by atoms with Crippen molar-refractivity contribution in [1.29, 1.82) is 0 Å². The fourth-order valence-electron chi connectivity index (χ4n) is 7.49. The molecule has 0 aliphatic carbocycles. The Morgan fingerprint density at radius 1 is 0.628 bits per heavy atom. The van der Waals surface area contributed by atoms with Gasteiger partial charge in [-0.3, -0.25) is 24.0 Å². The van der Waals surface area contributed by atoms with Crippen molar-refractivity contribution in [3.63, 3.8) is 0 Å². The maximum atomic E-state index is 13.3. The van der Waals surface area contributed by atoms with E-state index < -0.39 is 40.8 Å². The van der Waals surface area contributed by atoms with Crippen molar-refractivity contribution in [1.82, 2.24) is 25.7 Å². The first kappa shape index (κ1) is 75.3. The molecule has 3 aromatic rings. The summed E-state index contributed by atoms with van der Waals surface area (Å²) in [5, 5.41) is 21.2. The van der Waals surface area contributed by atoms with Crippen molar-refractivity contribution in [3.05, 3.63) is 45.1 Å². The fraction of sp³-hybridized carbons (Fsp3) is 0.696. The molecule has 0 bridgehead atoms. The second kappa shape index (κ2) is 48.9. The molecule has 0 fully saturated rings. The highest BCUT2D eigenvalue weighted by Gasteiger charge is 2.28. The van der Waals surface area contributed by atoms with Crippen LogP contribution in [-0.4, -0.2) is 242 Å². The van der Waals surface area contributed by atoms with Crippen LogP contribution in [0.15, 0.2) is 38.5 Å². The molecule has 0 radical (unpaired) electrons. The first-order chi connectivity index (χ1) is 41.8. The second-order valence-electron chi connectivity index (χ2n) is 18.5. The Hall–Kier alpha value is -5.00. The third-order valence-electron chi connectivity index (χ3n) is 11.9. The predicted molar refractivity (Wildman–Crippen MR) is 321 cm³/mol. The maximum absolute atomic E-state index is 13.3. The molecule has 1 aromatic carbocycles. The van der Waals surface area contributed by atoms with Crippen molar-refractivity contribution in [3.8, 4) is 0 Å². The van der Waals surface area contributed by atoms with Gasteiger partial charge in [0.25, 0.3) is 17.3 Å². The summed E-state index contributed by atoms with van der Waals surface area (Å²) in [6.45, 7) is 17.7. The molecule has 3 rings (SSSR count). The Bertz CT molecular complexity index is 2390. The number of thiazole rings is 1. The average Bonchev–Trinajstić information content (AvgIpc) is 2.95. The summed E-state index contributed by atoms with van der Waals surface area (Å²) in [6, 6.07) is 6.17. The standard InChI is InChI=1S/C56H91N7O21S2/c1-5-63(6-2)46-11-10-45-41-47(55(70)84-49(45)42-46)52(68)57-14-8-7-9-48(53(69)58-15-19-74-23-27-78-31-29-77-26-22-73-18-13-51(66)67)61-50(65)12-17-72-21-25-76-30-33-80-35-37-82-39-40-83-38-36-81-34-32-79-28-24-75-20-16-59-86(71)54-43(3)85-56(62-54)60-44(4)64/h10-11,41-42,48,59,71H,5-9,12-40H2,1-4H3,(H4-,57,58,60,61,62,64,65,66,67,68,69)/p+1. The van der Waals surface area contributed by atoms with Crippen LogP contribution in [0, 0.1) is 6.92 Å². The van der Waals surface area contributed by atoms with E-state index in [1.54, 1.807) is 6.07 Å². The normalized spacial score (nSPS) is 12.1. The van der Waals surface area contributed by atoms with E-state index in [1.165, 1.54) is 24.3 Å². The summed E-state index contributed by atoms with van der Waals surface area (Å²) in [7, 11) is 0. The summed E-state index contributed by atoms with van der Waals surface area (Å²) in [5.41, 5.74) is 0.450. The molecule has 7 N–H and O–H groups in total. The van der Waals surface area contributed by atoms with E-state index in [2.05, 4.69) is 35.9 Å². The fourth-order valence-corrected chi connectivity index (χ4v) is 9.53. The number of hydrogen-bond acceptors (Lipinski definition) is 24. The lowest BCUT2D eigenvalue weighted by Gasteiger charge is -2.21. The maximum Gasteiger partial charge on any atom is 0.349 e. The number of ether oxygens (including phenoxy) is 12. The monoisotopic (exact) mass is 1260 g/mol. The molecule has 30 heteroatoms. The van der Waals surface area contributed by atoms with Crippen molar-refractivity contribution in [2.24, 2.45) is 0 Å². The number of carboxylic acid groups (broad SMARTS) is 1. The number of hydrogen-bond donors (Lipinski definition) is 7. The van der Waals surface area contributed by atoms with E-state index >= 15 is 0 Å². The Morgan fingerprint density at radius 2 is 1.10 bits per heavy atom. The molecular weight excluding hydrogens is 1170 g/mol. The van der Waals surface area contributed by atoms with Crippen molar-refractivity contribution >= 4 is 74.1 Å². The van der Waals surface area contributed by atoms with E-state index in [1.807, 2.05) is 32.9 Å². The number of unbranched alkanes of at least 4 members (excludes halogenated alkanes) is 1. The van der Waals surface area contributed by atoms with E-state index in [9.17, 15) is 33.3 Å². The number of carbonyl (C=O) groups excluding carboxylic acids is 4. The van der Waals surface area contributed by atoms with Gasteiger partial charge in [0.05, 0.1) is 176 Å². The van der Waals surface area contributed by atoms with Crippen LogP contribution in [-0.2, 0) is 87.4 Å². The number of anilines is 2. The van der Waals surface area contributed by atoms with Gasteiger partial charge in [-0.2, -0.15) is 9.54 Å². The number of amides is 4.